The summed E-state index contributed by atoms with van der Waals surface area (Å²) >= 11 is 9.28. The number of anilines is 2. The summed E-state index contributed by atoms with van der Waals surface area (Å²) in [5.74, 6) is -0.319. The van der Waals surface area contributed by atoms with E-state index >= 15 is 0 Å². The van der Waals surface area contributed by atoms with Crippen LogP contribution in [0.15, 0.2) is 22.7 Å². The Morgan fingerprint density at radius 2 is 2.25 bits per heavy atom. The third-order valence-electron chi connectivity index (χ3n) is 2.89. The van der Waals surface area contributed by atoms with Gasteiger partial charge in [-0.1, -0.05) is 18.5 Å². The van der Waals surface area contributed by atoms with E-state index in [0.29, 0.717) is 34.2 Å². The molecule has 7 heteroatoms. The van der Waals surface area contributed by atoms with Crippen LogP contribution in [0.1, 0.15) is 23.1 Å². The second kappa shape index (κ2) is 5.85. The quantitative estimate of drug-likeness (QED) is 0.885. The Kier molecular flexibility index (Phi) is 4.35. The van der Waals surface area contributed by atoms with Gasteiger partial charge in [0.05, 0.1) is 17.1 Å². The first-order valence-corrected chi connectivity index (χ1v) is 7.18. The molecule has 0 unspecified atom stereocenters. The molecule has 3 N–H and O–H groups in total. The van der Waals surface area contributed by atoms with Crippen molar-refractivity contribution < 1.29 is 4.79 Å². The molecule has 0 saturated heterocycles. The molecular formula is C13H14BrClN4O. The van der Waals surface area contributed by atoms with Crippen LogP contribution in [0.25, 0.3) is 0 Å². The molecular weight excluding hydrogens is 344 g/mol. The van der Waals surface area contributed by atoms with Crippen molar-refractivity contribution in [1.29, 1.82) is 0 Å². The lowest BCUT2D eigenvalue weighted by Gasteiger charge is -2.08. The van der Waals surface area contributed by atoms with E-state index < -0.39 is 0 Å². The van der Waals surface area contributed by atoms with E-state index in [1.54, 1.807) is 25.2 Å². The molecule has 0 atom stereocenters. The smallest absolute Gasteiger partial charge is 0.276 e. The third kappa shape index (κ3) is 2.81. The number of nitrogen functional groups attached to an aromatic ring is 1. The van der Waals surface area contributed by atoms with Crippen molar-refractivity contribution in [2.75, 3.05) is 11.1 Å². The summed E-state index contributed by atoms with van der Waals surface area (Å²) in [6.45, 7) is 1.94. The molecule has 1 aromatic carbocycles. The summed E-state index contributed by atoms with van der Waals surface area (Å²) < 4.78 is 2.23. The normalized spacial score (nSPS) is 10.6. The van der Waals surface area contributed by atoms with Crippen LogP contribution in [0.2, 0.25) is 5.02 Å². The fraction of sp³-hybridized carbons (Fsp3) is 0.231. The molecule has 1 amide bonds. The van der Waals surface area contributed by atoms with E-state index in [2.05, 4.69) is 26.3 Å². The van der Waals surface area contributed by atoms with Crippen molar-refractivity contribution in [3.8, 4) is 0 Å². The van der Waals surface area contributed by atoms with E-state index in [-0.39, 0.29) is 5.91 Å². The van der Waals surface area contributed by atoms with Crippen LogP contribution in [0, 0.1) is 0 Å². The zero-order valence-corrected chi connectivity index (χ0v) is 13.4. The Labute approximate surface area is 130 Å². The van der Waals surface area contributed by atoms with Crippen molar-refractivity contribution in [2.45, 2.75) is 13.3 Å². The van der Waals surface area contributed by atoms with Gasteiger partial charge >= 0.3 is 0 Å². The number of aromatic nitrogens is 2. The van der Waals surface area contributed by atoms with Gasteiger partial charge in [0.15, 0.2) is 0 Å². The number of hydrogen-bond acceptors (Lipinski definition) is 3. The Morgan fingerprint density at radius 3 is 2.85 bits per heavy atom. The highest BCUT2D eigenvalue weighted by molar-refractivity contribution is 9.10. The van der Waals surface area contributed by atoms with Crippen LogP contribution in [-0.2, 0) is 13.5 Å². The Bertz CT molecular complexity index is 669. The van der Waals surface area contributed by atoms with Gasteiger partial charge in [-0.15, -0.1) is 0 Å². The van der Waals surface area contributed by atoms with E-state index in [1.807, 2.05) is 6.92 Å². The second-order valence-electron chi connectivity index (χ2n) is 4.26. The summed E-state index contributed by atoms with van der Waals surface area (Å²) in [7, 11) is 1.69. The van der Waals surface area contributed by atoms with Gasteiger partial charge in [0.1, 0.15) is 5.69 Å². The SMILES string of the molecule is CCc1nn(C)c(C(=O)Nc2cc(Cl)ccc2Br)c1N. The molecule has 1 heterocycles. The number of aryl methyl sites for hydroxylation is 2. The number of rotatable bonds is 3. The first-order chi connectivity index (χ1) is 9.43. The van der Waals surface area contributed by atoms with E-state index in [4.69, 9.17) is 17.3 Å². The minimum Gasteiger partial charge on any atom is -0.395 e. The predicted octanol–water partition coefficient (Wildman–Crippen LogP) is 3.23. The molecule has 5 nitrogen and oxygen atoms in total. The third-order valence-corrected chi connectivity index (χ3v) is 3.81. The molecule has 0 aliphatic heterocycles. The van der Waals surface area contributed by atoms with Gasteiger partial charge in [0.25, 0.3) is 5.91 Å². The minimum atomic E-state index is -0.319. The molecule has 0 radical (unpaired) electrons. The molecule has 0 fully saturated rings. The topological polar surface area (TPSA) is 72.9 Å². The highest BCUT2D eigenvalue weighted by Gasteiger charge is 2.19. The van der Waals surface area contributed by atoms with Crippen molar-refractivity contribution >= 4 is 44.8 Å². The number of hydrogen-bond donors (Lipinski definition) is 2. The van der Waals surface area contributed by atoms with Crippen LogP contribution in [-0.4, -0.2) is 15.7 Å². The summed E-state index contributed by atoms with van der Waals surface area (Å²) in [5, 5.41) is 7.54. The molecule has 20 heavy (non-hydrogen) atoms. The average Bonchev–Trinajstić information content (AvgIpc) is 2.68. The monoisotopic (exact) mass is 356 g/mol. The van der Waals surface area contributed by atoms with Crippen molar-refractivity contribution in [2.24, 2.45) is 7.05 Å². The van der Waals surface area contributed by atoms with Crippen LogP contribution in [0.5, 0.6) is 0 Å². The number of carbonyl (C=O) groups excluding carboxylic acids is 1. The number of nitrogens with two attached hydrogens (primary N) is 1. The van der Waals surface area contributed by atoms with Gasteiger partial charge in [-0.25, -0.2) is 0 Å². The summed E-state index contributed by atoms with van der Waals surface area (Å²) in [4.78, 5) is 12.3. The van der Waals surface area contributed by atoms with Crippen molar-refractivity contribution in [3.63, 3.8) is 0 Å². The Hall–Kier alpha value is -1.53. The number of amides is 1. The number of halogens is 2. The van der Waals surface area contributed by atoms with Gasteiger partial charge < -0.3 is 11.1 Å². The predicted molar refractivity (Wildman–Crippen MR) is 84.1 cm³/mol. The van der Waals surface area contributed by atoms with E-state index in [0.717, 1.165) is 4.47 Å². The maximum Gasteiger partial charge on any atom is 0.276 e. The van der Waals surface area contributed by atoms with Gasteiger partial charge in [-0.3, -0.25) is 9.48 Å². The van der Waals surface area contributed by atoms with Crippen molar-refractivity contribution in [3.05, 3.63) is 39.1 Å². The largest absolute Gasteiger partial charge is 0.395 e. The highest BCUT2D eigenvalue weighted by atomic mass is 79.9. The molecule has 0 bridgehead atoms. The average molecular weight is 358 g/mol. The summed E-state index contributed by atoms with van der Waals surface area (Å²) in [5.41, 5.74) is 8.00. The van der Waals surface area contributed by atoms with Gasteiger partial charge in [-0.2, -0.15) is 5.10 Å². The van der Waals surface area contributed by atoms with Gasteiger partial charge in [-0.05, 0) is 40.5 Å². The van der Waals surface area contributed by atoms with Gasteiger partial charge in [0.2, 0.25) is 0 Å². The lowest BCUT2D eigenvalue weighted by Crippen LogP contribution is -2.18. The second-order valence-corrected chi connectivity index (χ2v) is 5.56. The summed E-state index contributed by atoms with van der Waals surface area (Å²) in [6.07, 6.45) is 0.674. The Morgan fingerprint density at radius 1 is 1.55 bits per heavy atom. The molecule has 2 aromatic rings. The molecule has 0 spiro atoms. The number of nitrogens with zero attached hydrogens (tertiary/aromatic N) is 2. The van der Waals surface area contributed by atoms with E-state index in [1.165, 1.54) is 4.68 Å². The first kappa shape index (κ1) is 14.9. The molecule has 0 saturated carbocycles. The van der Waals surface area contributed by atoms with Crippen molar-refractivity contribution in [1.82, 2.24) is 9.78 Å². The van der Waals surface area contributed by atoms with Crippen LogP contribution in [0.4, 0.5) is 11.4 Å². The van der Waals surface area contributed by atoms with Crippen LogP contribution >= 0.6 is 27.5 Å². The van der Waals surface area contributed by atoms with E-state index in [9.17, 15) is 4.79 Å². The molecule has 2 rings (SSSR count). The standard InChI is InChI=1S/C13H14BrClN4O/c1-3-9-11(16)12(19(2)18-9)13(20)17-10-6-7(15)4-5-8(10)14/h4-6H,3,16H2,1-2H3,(H,17,20). The van der Waals surface area contributed by atoms with Crippen LogP contribution in [0.3, 0.4) is 0 Å². The minimum absolute atomic E-state index is 0.319. The molecule has 0 aliphatic rings. The van der Waals surface area contributed by atoms with Gasteiger partial charge in [0, 0.05) is 16.5 Å². The summed E-state index contributed by atoms with van der Waals surface area (Å²) in [6, 6.07) is 5.16. The number of benzene rings is 1. The fourth-order valence-electron chi connectivity index (χ4n) is 1.90. The van der Waals surface area contributed by atoms with Crippen LogP contribution < -0.4 is 11.1 Å². The highest BCUT2D eigenvalue weighted by Crippen LogP contribution is 2.27. The Balaban J connectivity index is 2.33. The zero-order valence-electron chi connectivity index (χ0n) is 11.1. The lowest BCUT2D eigenvalue weighted by atomic mass is 10.2. The maximum absolute atomic E-state index is 12.3. The maximum atomic E-state index is 12.3. The molecule has 106 valence electrons. The number of carbonyl (C=O) groups is 1. The first-order valence-electron chi connectivity index (χ1n) is 6.01. The zero-order chi connectivity index (χ0) is 14.9. The molecule has 1 aromatic heterocycles. The molecule has 0 aliphatic carbocycles. The number of nitrogens with one attached hydrogen (secondary N) is 1. The fourth-order valence-corrected chi connectivity index (χ4v) is 2.42. The lowest BCUT2D eigenvalue weighted by molar-refractivity contribution is 0.101.